The minimum atomic E-state index is -0.505. The van der Waals surface area contributed by atoms with E-state index in [1.54, 1.807) is 16.5 Å². The minimum Gasteiger partial charge on any atom is -0.380 e. The normalized spacial score (nSPS) is 12.9. The van der Waals surface area contributed by atoms with Crippen LogP contribution in [0, 0.1) is 12.3 Å². The highest BCUT2D eigenvalue weighted by molar-refractivity contribution is 7.96. The van der Waals surface area contributed by atoms with Crippen molar-refractivity contribution in [3.05, 3.63) is 48.0 Å². The molecule has 4 N–H and O–H groups in total. The first kappa shape index (κ1) is 21.1. The Morgan fingerprint density at radius 1 is 1.31 bits per heavy atom. The van der Waals surface area contributed by atoms with E-state index in [1.165, 1.54) is 6.20 Å². The maximum Gasteiger partial charge on any atom is 0.252 e. The van der Waals surface area contributed by atoms with Gasteiger partial charge in [-0.25, -0.2) is 4.52 Å². The van der Waals surface area contributed by atoms with Gasteiger partial charge in [-0.2, -0.15) is 5.10 Å². The number of amides is 1. The smallest absolute Gasteiger partial charge is 0.252 e. The van der Waals surface area contributed by atoms with Crippen LogP contribution in [0.1, 0.15) is 36.8 Å². The summed E-state index contributed by atoms with van der Waals surface area (Å²) in [5, 5.41) is 7.92. The summed E-state index contributed by atoms with van der Waals surface area (Å²) in [4.78, 5) is 16.5. The molecule has 8 heteroatoms. The number of fused-ring (bicyclic) bond motifs is 1. The molecule has 0 radical (unpaired) electrons. The fourth-order valence-electron chi connectivity index (χ4n) is 3.01. The third kappa shape index (κ3) is 4.54. The number of nitrogens with two attached hydrogens (primary N) is 1. The van der Waals surface area contributed by atoms with E-state index in [-0.39, 0.29) is 11.5 Å². The Balaban J connectivity index is 2.04. The van der Waals surface area contributed by atoms with Gasteiger partial charge in [0.1, 0.15) is 0 Å². The van der Waals surface area contributed by atoms with E-state index < -0.39 is 5.91 Å². The van der Waals surface area contributed by atoms with E-state index in [4.69, 9.17) is 5.73 Å². The summed E-state index contributed by atoms with van der Waals surface area (Å²) < 4.78 is 5.09. The Hall–Kier alpha value is -2.58. The van der Waals surface area contributed by atoms with Crippen molar-refractivity contribution in [1.82, 2.24) is 19.3 Å². The first-order valence-corrected chi connectivity index (χ1v) is 10.7. The number of hydrogen-bond donors (Lipinski definition) is 3. The molecule has 1 unspecified atom stereocenters. The SMILES string of the molecule is CSNCC(C)(C)C(C)Nc1c(C(N)=O)cnn2cc(-c3ccc(C)nc3)cc12. The number of pyridine rings is 1. The summed E-state index contributed by atoms with van der Waals surface area (Å²) in [5.74, 6) is -0.505. The number of carbonyl (C=O) groups is 1. The van der Waals surface area contributed by atoms with Crippen LogP contribution in [0.3, 0.4) is 0 Å². The van der Waals surface area contributed by atoms with Gasteiger partial charge in [-0.05, 0) is 37.7 Å². The van der Waals surface area contributed by atoms with Crippen LogP contribution in [0.25, 0.3) is 16.6 Å². The van der Waals surface area contributed by atoms with Crippen molar-refractivity contribution >= 4 is 29.1 Å². The molecule has 0 aromatic carbocycles. The van der Waals surface area contributed by atoms with Crippen molar-refractivity contribution in [1.29, 1.82) is 0 Å². The predicted molar refractivity (Wildman–Crippen MR) is 120 cm³/mol. The molecule has 3 aromatic heterocycles. The molecular weight excluding hydrogens is 384 g/mol. The number of nitrogens with one attached hydrogen (secondary N) is 2. The number of rotatable bonds is 8. The minimum absolute atomic E-state index is 0.0610. The summed E-state index contributed by atoms with van der Waals surface area (Å²) in [6.07, 6.45) is 7.30. The summed E-state index contributed by atoms with van der Waals surface area (Å²) in [6, 6.07) is 6.08. The molecule has 29 heavy (non-hydrogen) atoms. The molecule has 7 nitrogen and oxygen atoms in total. The quantitative estimate of drug-likeness (QED) is 0.490. The lowest BCUT2D eigenvalue weighted by Crippen LogP contribution is -2.40. The second-order valence-corrected chi connectivity index (χ2v) is 8.62. The van der Waals surface area contributed by atoms with Gasteiger partial charge in [-0.3, -0.25) is 14.5 Å². The molecule has 1 atom stereocenters. The van der Waals surface area contributed by atoms with Gasteiger partial charge in [0.25, 0.3) is 5.91 Å². The Morgan fingerprint density at radius 2 is 2.07 bits per heavy atom. The van der Waals surface area contributed by atoms with E-state index in [2.05, 4.69) is 40.9 Å². The fraction of sp³-hybridized carbons (Fsp3) is 0.381. The first-order valence-electron chi connectivity index (χ1n) is 9.49. The molecule has 3 aromatic rings. The summed E-state index contributed by atoms with van der Waals surface area (Å²) in [5.41, 5.74) is 10.4. The number of nitrogens with zero attached hydrogens (tertiary/aromatic N) is 3. The summed E-state index contributed by atoms with van der Waals surface area (Å²) >= 11 is 1.59. The largest absolute Gasteiger partial charge is 0.380 e. The Labute approximate surface area is 175 Å². The molecule has 3 heterocycles. The van der Waals surface area contributed by atoms with Crippen LogP contribution in [-0.4, -0.2) is 39.3 Å². The van der Waals surface area contributed by atoms with E-state index in [0.29, 0.717) is 11.3 Å². The van der Waals surface area contributed by atoms with Crippen LogP contribution in [0.15, 0.2) is 36.8 Å². The molecule has 0 saturated carbocycles. The first-order chi connectivity index (χ1) is 13.7. The second-order valence-electron chi connectivity index (χ2n) is 7.92. The number of hydrogen-bond acceptors (Lipinski definition) is 6. The standard InChI is InChI=1S/C21H28N6OS/c1-13-6-7-15(9-23-13)16-8-18-19(17(20(22)28)10-24-27(18)11-16)26-14(2)21(3,4)12-25-29-5/h6-11,14,25-26H,12H2,1-5H3,(H2,22,28). The highest BCUT2D eigenvalue weighted by Crippen LogP contribution is 2.31. The Morgan fingerprint density at radius 3 is 2.69 bits per heavy atom. The molecule has 3 rings (SSSR count). The number of aryl methyl sites for hydroxylation is 1. The fourth-order valence-corrected chi connectivity index (χ4v) is 3.53. The van der Waals surface area contributed by atoms with Crippen molar-refractivity contribution in [2.24, 2.45) is 11.1 Å². The topological polar surface area (TPSA) is 97.3 Å². The summed E-state index contributed by atoms with van der Waals surface area (Å²) in [7, 11) is 0. The van der Waals surface area contributed by atoms with Gasteiger partial charge >= 0.3 is 0 Å². The van der Waals surface area contributed by atoms with Gasteiger partial charge < -0.3 is 11.1 Å². The van der Waals surface area contributed by atoms with Crippen molar-refractivity contribution in [2.75, 3.05) is 18.1 Å². The van der Waals surface area contributed by atoms with E-state index in [1.807, 2.05) is 43.8 Å². The van der Waals surface area contributed by atoms with Gasteiger partial charge in [0, 0.05) is 41.8 Å². The Bertz CT molecular complexity index is 1010. The van der Waals surface area contributed by atoms with Gasteiger partial charge in [0.05, 0.1) is 23.0 Å². The average molecular weight is 413 g/mol. The van der Waals surface area contributed by atoms with Gasteiger partial charge in [-0.1, -0.05) is 31.9 Å². The highest BCUT2D eigenvalue weighted by atomic mass is 32.2. The molecule has 1 amide bonds. The predicted octanol–water partition coefficient (Wildman–Crippen LogP) is 3.50. The van der Waals surface area contributed by atoms with Gasteiger partial charge in [0.2, 0.25) is 0 Å². The van der Waals surface area contributed by atoms with E-state index >= 15 is 0 Å². The number of carbonyl (C=O) groups excluding carboxylic acids is 1. The van der Waals surface area contributed by atoms with E-state index in [9.17, 15) is 4.79 Å². The monoisotopic (exact) mass is 412 g/mol. The zero-order valence-corrected chi connectivity index (χ0v) is 18.3. The number of aromatic nitrogens is 3. The molecule has 0 bridgehead atoms. The third-order valence-corrected chi connectivity index (χ3v) is 5.79. The lowest BCUT2D eigenvalue weighted by Gasteiger charge is -2.33. The van der Waals surface area contributed by atoms with Crippen LogP contribution in [0.2, 0.25) is 0 Å². The zero-order valence-electron chi connectivity index (χ0n) is 17.5. The number of anilines is 1. The molecule has 0 spiro atoms. The molecule has 0 aliphatic heterocycles. The van der Waals surface area contributed by atoms with Crippen LogP contribution >= 0.6 is 11.9 Å². The van der Waals surface area contributed by atoms with Crippen molar-refractivity contribution in [3.63, 3.8) is 0 Å². The second kappa shape index (κ2) is 8.42. The van der Waals surface area contributed by atoms with Crippen LogP contribution in [0.5, 0.6) is 0 Å². The molecule has 0 saturated heterocycles. The maximum absolute atomic E-state index is 12.1. The molecule has 0 aliphatic rings. The Kier molecular flexibility index (Phi) is 6.14. The zero-order chi connectivity index (χ0) is 21.2. The third-order valence-electron chi connectivity index (χ3n) is 5.35. The lowest BCUT2D eigenvalue weighted by molar-refractivity contribution is 0.100. The lowest BCUT2D eigenvalue weighted by atomic mass is 9.85. The van der Waals surface area contributed by atoms with Crippen molar-refractivity contribution in [3.8, 4) is 11.1 Å². The average Bonchev–Trinajstić information content (AvgIpc) is 3.11. The van der Waals surface area contributed by atoms with Crippen LogP contribution in [-0.2, 0) is 0 Å². The van der Waals surface area contributed by atoms with Crippen molar-refractivity contribution < 1.29 is 4.79 Å². The maximum atomic E-state index is 12.1. The van der Waals surface area contributed by atoms with Crippen LogP contribution < -0.4 is 15.8 Å². The van der Waals surface area contributed by atoms with E-state index in [0.717, 1.165) is 28.9 Å². The molecular formula is C21H28N6OS. The molecule has 154 valence electrons. The van der Waals surface area contributed by atoms with Gasteiger partial charge in [-0.15, -0.1) is 0 Å². The molecule has 0 aliphatic carbocycles. The van der Waals surface area contributed by atoms with Crippen LogP contribution in [0.4, 0.5) is 5.69 Å². The highest BCUT2D eigenvalue weighted by Gasteiger charge is 2.27. The summed E-state index contributed by atoms with van der Waals surface area (Å²) in [6.45, 7) is 9.24. The molecule has 0 fully saturated rings. The number of primary amides is 1. The van der Waals surface area contributed by atoms with Crippen molar-refractivity contribution in [2.45, 2.75) is 33.7 Å². The van der Waals surface area contributed by atoms with Gasteiger partial charge in [0.15, 0.2) is 0 Å².